The molecule has 1 amide bonds. The van der Waals surface area contributed by atoms with Crippen LogP contribution in [0.5, 0.6) is 0 Å². The molecule has 0 unspecified atom stereocenters. The van der Waals surface area contributed by atoms with Crippen molar-refractivity contribution >= 4 is 46.1 Å². The van der Waals surface area contributed by atoms with Crippen molar-refractivity contribution in [1.29, 1.82) is 0 Å². The Balaban J connectivity index is 0.00000128. The number of hydrogen-bond acceptors (Lipinski definition) is 6. The first-order valence-electron chi connectivity index (χ1n) is 4.13. The molecule has 0 aliphatic carbocycles. The van der Waals surface area contributed by atoms with Crippen LogP contribution in [0.1, 0.15) is 10.9 Å². The van der Waals surface area contributed by atoms with Crippen LogP contribution in [0.2, 0.25) is 0 Å². The third kappa shape index (κ3) is 2.99. The molecule has 0 saturated heterocycles. The Morgan fingerprint density at radius 3 is 2.88 bits per heavy atom. The second-order valence-corrected chi connectivity index (χ2v) is 4.54. The first-order chi connectivity index (χ1) is 7.27. The lowest BCUT2D eigenvalue weighted by Gasteiger charge is -2.07. The van der Waals surface area contributed by atoms with Gasteiger partial charge in [0.1, 0.15) is 11.6 Å². The molecule has 0 radical (unpaired) electrons. The van der Waals surface area contributed by atoms with Gasteiger partial charge in [0.05, 0.1) is 0 Å². The number of aromatic nitrogens is 2. The van der Waals surface area contributed by atoms with E-state index in [0.29, 0.717) is 5.13 Å². The van der Waals surface area contributed by atoms with Crippen LogP contribution in [0, 0.1) is 0 Å². The summed E-state index contributed by atoms with van der Waals surface area (Å²) in [5.41, 5.74) is 7.30. The number of thiophene rings is 1. The van der Waals surface area contributed by atoms with Gasteiger partial charge in [0, 0.05) is 4.88 Å². The molecule has 2 aromatic rings. The van der Waals surface area contributed by atoms with E-state index >= 15 is 0 Å². The molecular formula is C8H9ClN4OS2. The van der Waals surface area contributed by atoms with Gasteiger partial charge in [-0.05, 0) is 11.4 Å². The van der Waals surface area contributed by atoms with Crippen molar-refractivity contribution in [1.82, 2.24) is 10.2 Å². The molecule has 2 aromatic heterocycles. The zero-order chi connectivity index (χ0) is 10.7. The molecule has 1 atom stereocenters. The fourth-order valence-corrected chi connectivity index (χ4v) is 2.18. The summed E-state index contributed by atoms with van der Waals surface area (Å²) in [6.07, 6.45) is 0. The highest BCUT2D eigenvalue weighted by molar-refractivity contribution is 7.13. The molecule has 0 fully saturated rings. The number of rotatable bonds is 3. The Bertz CT molecular complexity index is 431. The minimum atomic E-state index is -0.645. The van der Waals surface area contributed by atoms with E-state index in [1.165, 1.54) is 22.7 Å². The summed E-state index contributed by atoms with van der Waals surface area (Å²) < 4.78 is 0. The lowest BCUT2D eigenvalue weighted by atomic mass is 10.2. The number of hydrogen-bond donors (Lipinski definition) is 2. The monoisotopic (exact) mass is 276 g/mol. The van der Waals surface area contributed by atoms with Crippen molar-refractivity contribution in [2.24, 2.45) is 5.73 Å². The molecule has 0 bridgehead atoms. The van der Waals surface area contributed by atoms with Gasteiger partial charge in [-0.3, -0.25) is 10.1 Å². The van der Waals surface area contributed by atoms with Crippen LogP contribution >= 0.6 is 35.1 Å². The highest BCUT2D eigenvalue weighted by atomic mass is 35.5. The largest absolute Gasteiger partial charge is 0.316 e. The minimum absolute atomic E-state index is 0. The molecule has 86 valence electrons. The predicted molar refractivity (Wildman–Crippen MR) is 67.0 cm³/mol. The molecule has 3 N–H and O–H groups in total. The molecule has 0 aliphatic heterocycles. The first-order valence-corrected chi connectivity index (χ1v) is 5.89. The Kier molecular flexibility index (Phi) is 4.81. The van der Waals surface area contributed by atoms with Crippen LogP contribution in [0.15, 0.2) is 23.0 Å². The maximum Gasteiger partial charge on any atom is 0.248 e. The fourth-order valence-electron chi connectivity index (χ4n) is 1.01. The molecule has 8 heteroatoms. The molecule has 0 aliphatic rings. The average molecular weight is 277 g/mol. The Labute approximate surface area is 106 Å². The molecule has 2 heterocycles. The van der Waals surface area contributed by atoms with Crippen LogP contribution < -0.4 is 11.1 Å². The van der Waals surface area contributed by atoms with Crippen molar-refractivity contribution < 1.29 is 4.79 Å². The third-order valence-corrected chi connectivity index (χ3v) is 3.28. The van der Waals surface area contributed by atoms with Crippen LogP contribution in [-0.4, -0.2) is 16.1 Å². The first kappa shape index (κ1) is 13.0. The number of anilines is 1. The third-order valence-electron chi connectivity index (χ3n) is 1.72. The van der Waals surface area contributed by atoms with Crippen molar-refractivity contribution in [3.8, 4) is 0 Å². The molecule has 0 aromatic carbocycles. The van der Waals surface area contributed by atoms with Crippen LogP contribution in [-0.2, 0) is 4.79 Å². The van der Waals surface area contributed by atoms with E-state index in [9.17, 15) is 4.79 Å². The van der Waals surface area contributed by atoms with E-state index in [-0.39, 0.29) is 18.3 Å². The fraction of sp³-hybridized carbons (Fsp3) is 0.125. The van der Waals surface area contributed by atoms with Crippen molar-refractivity contribution in [2.75, 3.05) is 5.32 Å². The number of nitrogens with two attached hydrogens (primary N) is 1. The van der Waals surface area contributed by atoms with E-state index in [1.54, 1.807) is 5.51 Å². The standard InChI is InChI=1S/C8H8N4OS2.ClH/c9-6(5-2-1-3-14-5)7(13)11-8-12-10-4-15-8;/h1-4,6H,9H2,(H,11,12,13);1H/t6-;/m0./s1. The van der Waals surface area contributed by atoms with Gasteiger partial charge >= 0.3 is 0 Å². The lowest BCUT2D eigenvalue weighted by molar-refractivity contribution is -0.117. The zero-order valence-corrected chi connectivity index (χ0v) is 10.4. The normalized spacial score (nSPS) is 11.6. The van der Waals surface area contributed by atoms with Gasteiger partial charge in [0.2, 0.25) is 11.0 Å². The number of nitrogens with zero attached hydrogens (tertiary/aromatic N) is 2. The number of amides is 1. The summed E-state index contributed by atoms with van der Waals surface area (Å²) in [7, 11) is 0. The van der Waals surface area contributed by atoms with E-state index in [1.807, 2.05) is 17.5 Å². The maximum atomic E-state index is 11.6. The van der Waals surface area contributed by atoms with Gasteiger partial charge in [-0.15, -0.1) is 33.9 Å². The molecule has 2 rings (SSSR count). The summed E-state index contributed by atoms with van der Waals surface area (Å²) in [6, 6.07) is 3.04. The van der Waals surface area contributed by atoms with Crippen molar-refractivity contribution in [2.45, 2.75) is 6.04 Å². The smallest absolute Gasteiger partial charge is 0.248 e. The summed E-state index contributed by atoms with van der Waals surface area (Å²) in [5, 5.41) is 12.3. The quantitative estimate of drug-likeness (QED) is 0.893. The van der Waals surface area contributed by atoms with Gasteiger partial charge in [-0.2, -0.15) is 0 Å². The second kappa shape index (κ2) is 5.90. The number of nitrogens with one attached hydrogen (secondary N) is 1. The lowest BCUT2D eigenvalue weighted by Crippen LogP contribution is -2.26. The van der Waals surface area contributed by atoms with Gasteiger partial charge in [0.15, 0.2) is 0 Å². The van der Waals surface area contributed by atoms with Gasteiger partial charge in [-0.1, -0.05) is 17.4 Å². The van der Waals surface area contributed by atoms with Crippen LogP contribution in [0.4, 0.5) is 5.13 Å². The van der Waals surface area contributed by atoms with Crippen LogP contribution in [0.25, 0.3) is 0 Å². The second-order valence-electron chi connectivity index (χ2n) is 2.73. The summed E-state index contributed by atoms with van der Waals surface area (Å²) >= 11 is 2.71. The summed E-state index contributed by atoms with van der Waals surface area (Å²) in [5.74, 6) is -0.269. The van der Waals surface area contributed by atoms with Gasteiger partial charge in [0.25, 0.3) is 0 Å². The highest BCUT2D eigenvalue weighted by Crippen LogP contribution is 2.18. The molecule has 0 saturated carbocycles. The number of halogens is 1. The zero-order valence-electron chi connectivity index (χ0n) is 7.99. The van der Waals surface area contributed by atoms with Gasteiger partial charge in [-0.25, -0.2) is 0 Å². The summed E-state index contributed by atoms with van der Waals surface area (Å²) in [4.78, 5) is 12.4. The number of carbonyl (C=O) groups is 1. The average Bonchev–Trinajstić information content (AvgIpc) is 2.88. The highest BCUT2D eigenvalue weighted by Gasteiger charge is 2.17. The molecule has 16 heavy (non-hydrogen) atoms. The maximum absolute atomic E-state index is 11.6. The summed E-state index contributed by atoms with van der Waals surface area (Å²) in [6.45, 7) is 0. The van der Waals surface area contributed by atoms with Crippen molar-refractivity contribution in [3.63, 3.8) is 0 Å². The minimum Gasteiger partial charge on any atom is -0.316 e. The predicted octanol–water partition coefficient (Wildman–Crippen LogP) is 1.66. The van der Waals surface area contributed by atoms with Gasteiger partial charge < -0.3 is 5.73 Å². The Hall–Kier alpha value is -1.02. The molecule has 0 spiro atoms. The van der Waals surface area contributed by atoms with E-state index in [2.05, 4.69) is 15.5 Å². The van der Waals surface area contributed by atoms with E-state index < -0.39 is 6.04 Å². The Morgan fingerprint density at radius 1 is 1.50 bits per heavy atom. The topological polar surface area (TPSA) is 80.9 Å². The SMILES string of the molecule is Cl.N[C@H](C(=O)Nc1nncs1)c1cccs1. The van der Waals surface area contributed by atoms with Crippen LogP contribution in [0.3, 0.4) is 0 Å². The van der Waals surface area contributed by atoms with Crippen molar-refractivity contribution in [3.05, 3.63) is 27.9 Å². The molecule has 5 nitrogen and oxygen atoms in total. The van der Waals surface area contributed by atoms with E-state index in [4.69, 9.17) is 5.73 Å². The molecular weight excluding hydrogens is 268 g/mol. The Morgan fingerprint density at radius 2 is 2.31 bits per heavy atom. The number of carbonyl (C=O) groups excluding carboxylic acids is 1. The van der Waals surface area contributed by atoms with E-state index in [0.717, 1.165) is 4.88 Å².